The van der Waals surface area contributed by atoms with Gasteiger partial charge < -0.3 is 9.67 Å². The number of halogens is 4. The molecular weight excluding hydrogens is 345 g/mol. The van der Waals surface area contributed by atoms with Crippen LogP contribution in [0.25, 0.3) is 0 Å². The number of hydrogen-bond acceptors (Lipinski definition) is 3. The molecule has 0 atom stereocenters. The Labute approximate surface area is 136 Å². The summed E-state index contributed by atoms with van der Waals surface area (Å²) in [6.07, 6.45) is 3.15. The van der Waals surface area contributed by atoms with Gasteiger partial charge in [-0.05, 0) is 17.7 Å². The summed E-state index contributed by atoms with van der Waals surface area (Å²) in [7, 11) is 0. The molecule has 0 fully saturated rings. The van der Waals surface area contributed by atoms with E-state index in [2.05, 4.69) is 4.98 Å². The van der Waals surface area contributed by atoms with Crippen molar-refractivity contribution in [3.05, 3.63) is 47.8 Å². The van der Waals surface area contributed by atoms with Crippen LogP contribution in [0.15, 0.2) is 35.7 Å². The summed E-state index contributed by atoms with van der Waals surface area (Å²) in [5.41, 5.74) is 0.452. The molecule has 0 saturated carbocycles. The lowest BCUT2D eigenvalue weighted by Crippen LogP contribution is -2.04. The van der Waals surface area contributed by atoms with E-state index in [4.69, 9.17) is 5.11 Å². The molecule has 21 heavy (non-hydrogen) atoms. The molecule has 9 heteroatoms. The number of rotatable bonds is 5. The molecule has 0 bridgehead atoms. The van der Waals surface area contributed by atoms with E-state index in [1.54, 1.807) is 10.8 Å². The SMILES string of the molecule is Cl.Cl.O=C(O)CSc1nccn1Cc1cc(F)cc(F)c1. The molecule has 0 aliphatic heterocycles. The smallest absolute Gasteiger partial charge is 0.313 e. The van der Waals surface area contributed by atoms with E-state index in [0.717, 1.165) is 17.8 Å². The van der Waals surface area contributed by atoms with Crippen molar-refractivity contribution in [2.45, 2.75) is 11.7 Å². The molecule has 0 aliphatic carbocycles. The average molecular weight is 357 g/mol. The lowest BCUT2D eigenvalue weighted by Gasteiger charge is -2.07. The molecule has 0 unspecified atom stereocenters. The zero-order chi connectivity index (χ0) is 13.8. The molecule has 0 aliphatic rings. The van der Waals surface area contributed by atoms with Gasteiger partial charge in [-0.3, -0.25) is 4.79 Å². The van der Waals surface area contributed by atoms with Crippen molar-refractivity contribution in [1.82, 2.24) is 9.55 Å². The van der Waals surface area contributed by atoms with E-state index in [-0.39, 0.29) is 37.1 Å². The predicted molar refractivity (Wildman–Crippen MR) is 80.5 cm³/mol. The Morgan fingerprint density at radius 1 is 1.24 bits per heavy atom. The van der Waals surface area contributed by atoms with E-state index < -0.39 is 17.6 Å². The molecule has 2 rings (SSSR count). The number of carboxylic acids is 1. The van der Waals surface area contributed by atoms with Gasteiger partial charge in [0.15, 0.2) is 5.16 Å². The van der Waals surface area contributed by atoms with Crippen molar-refractivity contribution in [2.75, 3.05) is 5.75 Å². The Bertz CT molecular complexity index is 590. The van der Waals surface area contributed by atoms with Crippen LogP contribution in [0.5, 0.6) is 0 Å². The van der Waals surface area contributed by atoms with Crippen molar-refractivity contribution in [3.8, 4) is 0 Å². The Balaban J connectivity index is 0.00000200. The number of imidazole rings is 1. The van der Waals surface area contributed by atoms with Gasteiger partial charge in [0.1, 0.15) is 11.6 Å². The second-order valence-corrected chi connectivity index (χ2v) is 4.74. The highest BCUT2D eigenvalue weighted by Gasteiger charge is 2.08. The topological polar surface area (TPSA) is 55.1 Å². The van der Waals surface area contributed by atoms with Crippen LogP contribution in [0, 0.1) is 11.6 Å². The van der Waals surface area contributed by atoms with Gasteiger partial charge in [0.25, 0.3) is 0 Å². The van der Waals surface area contributed by atoms with Crippen molar-refractivity contribution in [1.29, 1.82) is 0 Å². The molecule has 4 nitrogen and oxygen atoms in total. The van der Waals surface area contributed by atoms with Crippen LogP contribution in [0.2, 0.25) is 0 Å². The second kappa shape index (κ2) is 8.86. The molecule has 1 aromatic heterocycles. The van der Waals surface area contributed by atoms with Crippen LogP contribution < -0.4 is 0 Å². The number of benzene rings is 1. The molecule has 0 saturated heterocycles. The van der Waals surface area contributed by atoms with E-state index in [1.165, 1.54) is 18.3 Å². The minimum Gasteiger partial charge on any atom is -0.481 e. The third kappa shape index (κ3) is 5.91. The summed E-state index contributed by atoms with van der Waals surface area (Å²) in [5, 5.41) is 9.10. The van der Waals surface area contributed by atoms with Crippen molar-refractivity contribution in [3.63, 3.8) is 0 Å². The highest BCUT2D eigenvalue weighted by Crippen LogP contribution is 2.18. The van der Waals surface area contributed by atoms with E-state index in [0.29, 0.717) is 10.7 Å². The molecule has 0 amide bonds. The number of thioether (sulfide) groups is 1. The highest BCUT2D eigenvalue weighted by molar-refractivity contribution is 7.99. The molecule has 1 heterocycles. The zero-order valence-electron chi connectivity index (χ0n) is 10.5. The van der Waals surface area contributed by atoms with Gasteiger partial charge >= 0.3 is 5.97 Å². The maximum absolute atomic E-state index is 13.1. The summed E-state index contributed by atoms with van der Waals surface area (Å²) < 4.78 is 27.8. The first-order valence-corrected chi connectivity index (χ1v) is 6.34. The van der Waals surface area contributed by atoms with E-state index in [1.807, 2.05) is 0 Å². The van der Waals surface area contributed by atoms with Crippen LogP contribution in [0.4, 0.5) is 8.78 Å². The maximum atomic E-state index is 13.1. The average Bonchev–Trinajstić information content (AvgIpc) is 2.72. The number of hydrogen-bond donors (Lipinski definition) is 1. The highest BCUT2D eigenvalue weighted by atomic mass is 35.5. The van der Waals surface area contributed by atoms with E-state index >= 15 is 0 Å². The second-order valence-electron chi connectivity index (χ2n) is 3.80. The first-order chi connectivity index (χ1) is 9.04. The number of nitrogens with zero attached hydrogens (tertiary/aromatic N) is 2. The Morgan fingerprint density at radius 2 is 1.86 bits per heavy atom. The summed E-state index contributed by atoms with van der Waals surface area (Å²) in [4.78, 5) is 14.5. The van der Waals surface area contributed by atoms with Gasteiger partial charge in [0.05, 0.1) is 5.75 Å². The zero-order valence-corrected chi connectivity index (χ0v) is 13.0. The van der Waals surface area contributed by atoms with Crippen molar-refractivity contribution < 1.29 is 18.7 Å². The quantitative estimate of drug-likeness (QED) is 0.835. The molecule has 1 N–H and O–H groups in total. The fourth-order valence-corrected chi connectivity index (χ4v) is 2.26. The van der Waals surface area contributed by atoms with Gasteiger partial charge in [-0.25, -0.2) is 13.8 Å². The summed E-state index contributed by atoms with van der Waals surface area (Å²) in [5.74, 6) is -2.35. The van der Waals surface area contributed by atoms with Crippen molar-refractivity contribution in [2.24, 2.45) is 0 Å². The third-order valence-electron chi connectivity index (χ3n) is 2.28. The van der Waals surface area contributed by atoms with Gasteiger partial charge in [0.2, 0.25) is 0 Å². The Morgan fingerprint density at radius 3 is 2.43 bits per heavy atom. The minimum atomic E-state index is -0.948. The molecule has 1 aromatic carbocycles. The Kier molecular flexibility index (Phi) is 8.31. The molecule has 2 aromatic rings. The van der Waals surface area contributed by atoms with Crippen LogP contribution in [0.3, 0.4) is 0 Å². The fraction of sp³-hybridized carbons (Fsp3) is 0.167. The van der Waals surface area contributed by atoms with Crippen LogP contribution >= 0.6 is 36.6 Å². The van der Waals surface area contributed by atoms with Gasteiger partial charge in [-0.15, -0.1) is 24.8 Å². The van der Waals surface area contributed by atoms with Gasteiger partial charge in [-0.1, -0.05) is 11.8 Å². The van der Waals surface area contributed by atoms with Gasteiger partial charge in [0, 0.05) is 25.0 Å². The van der Waals surface area contributed by atoms with Crippen molar-refractivity contribution >= 4 is 42.5 Å². The third-order valence-corrected chi connectivity index (χ3v) is 3.27. The molecule has 0 spiro atoms. The molecular formula is C12H12Cl2F2N2O2S. The molecule has 0 radical (unpaired) electrons. The lowest BCUT2D eigenvalue weighted by atomic mass is 10.2. The van der Waals surface area contributed by atoms with Gasteiger partial charge in [-0.2, -0.15) is 0 Å². The maximum Gasteiger partial charge on any atom is 0.313 e. The standard InChI is InChI=1S/C12H10F2N2O2S.2ClH/c13-9-3-8(4-10(14)5-9)6-16-2-1-15-12(16)19-7-11(17)18;;/h1-5H,6-7H2,(H,17,18);2*1H. The van der Waals surface area contributed by atoms with E-state index in [9.17, 15) is 13.6 Å². The fourth-order valence-electron chi connectivity index (χ4n) is 1.58. The summed E-state index contributed by atoms with van der Waals surface area (Å²) in [6, 6.07) is 3.26. The monoisotopic (exact) mass is 356 g/mol. The minimum absolute atomic E-state index is 0. The predicted octanol–water partition coefficient (Wildman–Crippen LogP) is 3.23. The number of carbonyl (C=O) groups is 1. The lowest BCUT2D eigenvalue weighted by molar-refractivity contribution is -0.133. The first-order valence-electron chi connectivity index (χ1n) is 5.35. The summed E-state index contributed by atoms with van der Waals surface area (Å²) in [6.45, 7) is 0.233. The number of aromatic nitrogens is 2. The van der Waals surface area contributed by atoms with Crippen LogP contribution in [-0.2, 0) is 11.3 Å². The summed E-state index contributed by atoms with van der Waals surface area (Å²) >= 11 is 1.05. The Hall–Kier alpha value is -1.31. The number of aliphatic carboxylic acids is 1. The number of carboxylic acid groups (broad SMARTS) is 1. The van der Waals surface area contributed by atoms with Crippen LogP contribution in [0.1, 0.15) is 5.56 Å². The largest absolute Gasteiger partial charge is 0.481 e. The normalized spacial score (nSPS) is 9.62. The van der Waals surface area contributed by atoms with Crippen LogP contribution in [-0.4, -0.2) is 26.4 Å². The first kappa shape index (κ1) is 19.7. The molecule has 116 valence electrons.